The third-order valence-corrected chi connectivity index (χ3v) is 3.93. The third-order valence-electron chi connectivity index (χ3n) is 3.93. The molecule has 0 unspecified atom stereocenters. The van der Waals surface area contributed by atoms with Gasteiger partial charge in [-0.05, 0) is 25.0 Å². The molecule has 1 aliphatic heterocycles. The Hall–Kier alpha value is -1.20. The summed E-state index contributed by atoms with van der Waals surface area (Å²) >= 11 is 0. The quantitative estimate of drug-likeness (QED) is 0.918. The first-order chi connectivity index (χ1) is 9.99. The Labute approximate surface area is 136 Å². The maximum Gasteiger partial charge on any atom is 0.225 e. The monoisotopic (exact) mass is 332 g/mol. The SMILES string of the molecule is CC(C)C(=O)N1CCC(NCc2c(F)cccc2F)CC1.Cl. The largest absolute Gasteiger partial charge is 0.342 e. The molecule has 0 radical (unpaired) electrons. The highest BCUT2D eigenvalue weighted by Gasteiger charge is 2.24. The summed E-state index contributed by atoms with van der Waals surface area (Å²) in [5, 5.41) is 3.19. The molecule has 1 aromatic rings. The van der Waals surface area contributed by atoms with Crippen molar-refractivity contribution < 1.29 is 13.6 Å². The van der Waals surface area contributed by atoms with Gasteiger partial charge in [0.25, 0.3) is 0 Å². The Morgan fingerprint density at radius 3 is 2.32 bits per heavy atom. The van der Waals surface area contributed by atoms with E-state index in [1.807, 2.05) is 18.7 Å². The average Bonchev–Trinajstić information content (AvgIpc) is 2.46. The van der Waals surface area contributed by atoms with Crippen LogP contribution in [0.2, 0.25) is 0 Å². The molecule has 1 aliphatic rings. The molecule has 0 atom stereocenters. The Bertz CT molecular complexity index is 483. The van der Waals surface area contributed by atoms with Crippen LogP contribution in [0.25, 0.3) is 0 Å². The van der Waals surface area contributed by atoms with Gasteiger partial charge in [-0.2, -0.15) is 0 Å². The Morgan fingerprint density at radius 1 is 1.27 bits per heavy atom. The van der Waals surface area contributed by atoms with Gasteiger partial charge in [0, 0.05) is 37.2 Å². The van der Waals surface area contributed by atoms with Crippen LogP contribution in [0.4, 0.5) is 8.78 Å². The van der Waals surface area contributed by atoms with E-state index in [2.05, 4.69) is 5.32 Å². The minimum atomic E-state index is -0.519. The number of nitrogens with zero attached hydrogens (tertiary/aromatic N) is 1. The van der Waals surface area contributed by atoms with Crippen molar-refractivity contribution in [2.24, 2.45) is 5.92 Å². The number of carbonyl (C=O) groups excluding carboxylic acids is 1. The molecule has 0 aliphatic carbocycles. The summed E-state index contributed by atoms with van der Waals surface area (Å²) in [4.78, 5) is 13.7. The fourth-order valence-corrected chi connectivity index (χ4v) is 2.62. The first-order valence-electron chi connectivity index (χ1n) is 7.44. The van der Waals surface area contributed by atoms with Gasteiger partial charge in [0.1, 0.15) is 11.6 Å². The smallest absolute Gasteiger partial charge is 0.225 e. The van der Waals surface area contributed by atoms with Crippen molar-refractivity contribution in [3.63, 3.8) is 0 Å². The average molecular weight is 333 g/mol. The number of hydrogen-bond acceptors (Lipinski definition) is 2. The normalized spacial score (nSPS) is 15.8. The number of halogens is 3. The number of piperidine rings is 1. The van der Waals surface area contributed by atoms with E-state index in [4.69, 9.17) is 0 Å². The molecule has 1 N–H and O–H groups in total. The lowest BCUT2D eigenvalue weighted by Gasteiger charge is -2.33. The van der Waals surface area contributed by atoms with Crippen LogP contribution in [-0.2, 0) is 11.3 Å². The Morgan fingerprint density at radius 2 is 1.82 bits per heavy atom. The van der Waals surface area contributed by atoms with Crippen LogP contribution in [0.5, 0.6) is 0 Å². The van der Waals surface area contributed by atoms with Crippen LogP contribution in [-0.4, -0.2) is 29.9 Å². The van der Waals surface area contributed by atoms with E-state index < -0.39 is 11.6 Å². The zero-order chi connectivity index (χ0) is 15.4. The zero-order valence-corrected chi connectivity index (χ0v) is 13.8. The molecular formula is C16H23ClF2N2O. The Balaban J connectivity index is 0.00000242. The lowest BCUT2D eigenvalue weighted by atomic mass is 10.0. The number of carbonyl (C=O) groups is 1. The summed E-state index contributed by atoms with van der Waals surface area (Å²) in [6.07, 6.45) is 1.63. The van der Waals surface area contributed by atoms with E-state index in [1.165, 1.54) is 18.2 Å². The molecule has 6 heteroatoms. The van der Waals surface area contributed by atoms with Gasteiger partial charge in [0.05, 0.1) is 0 Å². The second-order valence-corrected chi connectivity index (χ2v) is 5.84. The van der Waals surface area contributed by atoms with Crippen molar-refractivity contribution in [2.75, 3.05) is 13.1 Å². The van der Waals surface area contributed by atoms with Crippen molar-refractivity contribution in [1.82, 2.24) is 10.2 Å². The summed E-state index contributed by atoms with van der Waals surface area (Å²) in [7, 11) is 0. The molecule has 1 heterocycles. The number of amides is 1. The van der Waals surface area contributed by atoms with Gasteiger partial charge < -0.3 is 10.2 Å². The van der Waals surface area contributed by atoms with Gasteiger partial charge >= 0.3 is 0 Å². The molecule has 0 saturated carbocycles. The van der Waals surface area contributed by atoms with Crippen molar-refractivity contribution in [1.29, 1.82) is 0 Å². The predicted molar refractivity (Wildman–Crippen MR) is 84.9 cm³/mol. The zero-order valence-electron chi connectivity index (χ0n) is 12.9. The van der Waals surface area contributed by atoms with E-state index in [0.717, 1.165) is 12.8 Å². The number of nitrogens with one attached hydrogen (secondary N) is 1. The van der Waals surface area contributed by atoms with Crippen molar-refractivity contribution >= 4 is 18.3 Å². The summed E-state index contributed by atoms with van der Waals surface area (Å²) in [6, 6.07) is 4.10. The van der Waals surface area contributed by atoms with Crippen LogP contribution in [0.3, 0.4) is 0 Å². The highest BCUT2D eigenvalue weighted by atomic mass is 35.5. The van der Waals surface area contributed by atoms with E-state index in [9.17, 15) is 13.6 Å². The molecule has 22 heavy (non-hydrogen) atoms. The molecular weight excluding hydrogens is 310 g/mol. The Kier molecular flexibility index (Phi) is 7.23. The minimum Gasteiger partial charge on any atom is -0.342 e. The van der Waals surface area contributed by atoms with Gasteiger partial charge in [-0.3, -0.25) is 4.79 Å². The van der Waals surface area contributed by atoms with E-state index in [1.54, 1.807) is 0 Å². The van der Waals surface area contributed by atoms with E-state index >= 15 is 0 Å². The van der Waals surface area contributed by atoms with E-state index in [0.29, 0.717) is 13.1 Å². The first kappa shape index (κ1) is 18.8. The molecule has 3 nitrogen and oxygen atoms in total. The van der Waals surface area contributed by atoms with Gasteiger partial charge in [-0.25, -0.2) is 8.78 Å². The van der Waals surface area contributed by atoms with Gasteiger partial charge in [-0.15, -0.1) is 12.4 Å². The van der Waals surface area contributed by atoms with Crippen molar-refractivity contribution in [3.05, 3.63) is 35.4 Å². The number of rotatable bonds is 4. The topological polar surface area (TPSA) is 32.3 Å². The van der Waals surface area contributed by atoms with Crippen LogP contribution in [0.1, 0.15) is 32.3 Å². The fraction of sp³-hybridized carbons (Fsp3) is 0.562. The maximum absolute atomic E-state index is 13.5. The van der Waals surface area contributed by atoms with Crippen molar-refractivity contribution in [3.8, 4) is 0 Å². The molecule has 2 rings (SSSR count). The second-order valence-electron chi connectivity index (χ2n) is 5.84. The van der Waals surface area contributed by atoms with Crippen molar-refractivity contribution in [2.45, 2.75) is 39.3 Å². The fourth-order valence-electron chi connectivity index (χ4n) is 2.62. The van der Waals surface area contributed by atoms with Gasteiger partial charge in [0.2, 0.25) is 5.91 Å². The summed E-state index contributed by atoms with van der Waals surface area (Å²) in [6.45, 7) is 5.38. The molecule has 1 amide bonds. The van der Waals surface area contributed by atoms with Crippen LogP contribution < -0.4 is 5.32 Å². The molecule has 124 valence electrons. The first-order valence-corrected chi connectivity index (χ1v) is 7.44. The lowest BCUT2D eigenvalue weighted by molar-refractivity contribution is -0.135. The minimum absolute atomic E-state index is 0. The lowest BCUT2D eigenvalue weighted by Crippen LogP contribution is -2.46. The third kappa shape index (κ3) is 4.65. The van der Waals surface area contributed by atoms with Crippen LogP contribution in [0.15, 0.2) is 18.2 Å². The standard InChI is InChI=1S/C16H22F2N2O.ClH/c1-11(2)16(21)20-8-6-12(7-9-20)19-10-13-14(17)4-3-5-15(13)18;/h3-5,11-12,19H,6-10H2,1-2H3;1H. The van der Waals surface area contributed by atoms with Gasteiger partial charge in [0.15, 0.2) is 0 Å². The molecule has 0 bridgehead atoms. The van der Waals surface area contributed by atoms with Crippen LogP contribution >= 0.6 is 12.4 Å². The number of hydrogen-bond donors (Lipinski definition) is 1. The highest BCUT2D eigenvalue weighted by Crippen LogP contribution is 2.16. The summed E-state index contributed by atoms with van der Waals surface area (Å²) < 4.78 is 27.1. The number of likely N-dealkylation sites (tertiary alicyclic amines) is 1. The molecule has 1 fully saturated rings. The second kappa shape index (κ2) is 8.44. The molecule has 0 aromatic heterocycles. The highest BCUT2D eigenvalue weighted by molar-refractivity contribution is 5.85. The van der Waals surface area contributed by atoms with E-state index in [-0.39, 0.29) is 42.4 Å². The molecule has 0 spiro atoms. The van der Waals surface area contributed by atoms with Gasteiger partial charge in [-0.1, -0.05) is 19.9 Å². The maximum atomic E-state index is 13.5. The number of benzene rings is 1. The molecule has 1 saturated heterocycles. The molecule has 1 aromatic carbocycles. The summed E-state index contributed by atoms with van der Waals surface area (Å²) in [5.74, 6) is -0.847. The van der Waals surface area contributed by atoms with Crippen LogP contribution in [0, 0.1) is 17.6 Å². The summed E-state index contributed by atoms with van der Waals surface area (Å²) in [5.41, 5.74) is 0.0817. The predicted octanol–water partition coefficient (Wildman–Crippen LogP) is 3.12.